The Morgan fingerprint density at radius 3 is 3.06 bits per heavy atom. The summed E-state index contributed by atoms with van der Waals surface area (Å²) in [5, 5.41) is 9.81. The number of halogens is 2. The Bertz CT molecular complexity index is 486. The third-order valence-corrected chi connectivity index (χ3v) is 3.22. The molecule has 0 aliphatic heterocycles. The molecule has 1 atom stereocenters. The summed E-state index contributed by atoms with van der Waals surface area (Å²) < 4.78 is 14.0. The van der Waals surface area contributed by atoms with E-state index in [0.717, 1.165) is 15.9 Å². The smallest absolute Gasteiger partial charge is 0.141 e. The molecule has 1 heterocycles. The van der Waals surface area contributed by atoms with Gasteiger partial charge in [0, 0.05) is 11.0 Å². The molecule has 0 saturated carbocycles. The fraction of sp³-hybridized carbons (Fsp3) is 0.273. The van der Waals surface area contributed by atoms with Crippen LogP contribution < -0.4 is 5.32 Å². The molecule has 1 aromatic heterocycles. The van der Waals surface area contributed by atoms with Crippen LogP contribution in [0, 0.1) is 5.82 Å². The number of aromatic nitrogens is 3. The van der Waals surface area contributed by atoms with Crippen molar-refractivity contribution in [3.63, 3.8) is 0 Å². The lowest BCUT2D eigenvalue weighted by Gasteiger charge is -2.12. The number of hydrogen-bond acceptors (Lipinski definition) is 3. The van der Waals surface area contributed by atoms with Gasteiger partial charge in [0.05, 0.1) is 6.04 Å². The van der Waals surface area contributed by atoms with E-state index in [9.17, 15) is 4.39 Å². The van der Waals surface area contributed by atoms with Crippen LogP contribution in [0.25, 0.3) is 0 Å². The van der Waals surface area contributed by atoms with E-state index < -0.39 is 0 Å². The average Bonchev–Trinajstić information content (AvgIpc) is 2.83. The van der Waals surface area contributed by atoms with Gasteiger partial charge >= 0.3 is 0 Å². The molecule has 4 nitrogen and oxygen atoms in total. The summed E-state index contributed by atoms with van der Waals surface area (Å²) >= 11 is 3.39. The Morgan fingerprint density at radius 1 is 1.53 bits per heavy atom. The van der Waals surface area contributed by atoms with E-state index in [1.165, 1.54) is 18.5 Å². The number of nitrogens with zero attached hydrogens (tertiary/aromatic N) is 2. The molecule has 0 radical (unpaired) electrons. The fourth-order valence-electron chi connectivity index (χ4n) is 1.46. The van der Waals surface area contributed by atoms with Crippen LogP contribution in [0.1, 0.15) is 24.4 Å². The van der Waals surface area contributed by atoms with Crippen LogP contribution in [0.15, 0.2) is 29.0 Å². The minimum atomic E-state index is -0.239. The standard InChI is InChI=1S/C11H12BrFN4/c1-7(11-15-6-16-17-11)14-5-8-4-9(13)2-3-10(8)12/h2-4,6-7,14H,5H2,1H3,(H,15,16,17). The molecule has 90 valence electrons. The summed E-state index contributed by atoms with van der Waals surface area (Å²) in [7, 11) is 0. The van der Waals surface area contributed by atoms with Crippen LogP contribution in [-0.4, -0.2) is 15.2 Å². The van der Waals surface area contributed by atoms with Gasteiger partial charge in [-0.3, -0.25) is 5.10 Å². The molecule has 0 saturated heterocycles. The largest absolute Gasteiger partial charge is 0.303 e. The van der Waals surface area contributed by atoms with E-state index in [4.69, 9.17) is 0 Å². The Balaban J connectivity index is 2.00. The maximum Gasteiger partial charge on any atom is 0.141 e. The lowest BCUT2D eigenvalue weighted by molar-refractivity contribution is 0.544. The molecule has 2 aromatic rings. The predicted octanol–water partition coefficient (Wildman–Crippen LogP) is 2.56. The van der Waals surface area contributed by atoms with Gasteiger partial charge in [0.1, 0.15) is 18.0 Å². The zero-order valence-electron chi connectivity index (χ0n) is 9.24. The molecular weight excluding hydrogens is 287 g/mol. The first-order valence-electron chi connectivity index (χ1n) is 5.19. The number of hydrogen-bond donors (Lipinski definition) is 2. The highest BCUT2D eigenvalue weighted by molar-refractivity contribution is 9.10. The van der Waals surface area contributed by atoms with Gasteiger partial charge in [-0.25, -0.2) is 9.37 Å². The van der Waals surface area contributed by atoms with Gasteiger partial charge in [-0.05, 0) is 30.7 Å². The van der Waals surface area contributed by atoms with Gasteiger partial charge < -0.3 is 5.32 Å². The van der Waals surface area contributed by atoms with Crippen molar-refractivity contribution in [2.45, 2.75) is 19.5 Å². The van der Waals surface area contributed by atoms with Crippen LogP contribution in [0.2, 0.25) is 0 Å². The molecule has 2 rings (SSSR count). The first kappa shape index (κ1) is 12.2. The predicted molar refractivity (Wildman–Crippen MR) is 65.7 cm³/mol. The minimum absolute atomic E-state index is 0.0349. The highest BCUT2D eigenvalue weighted by Gasteiger charge is 2.09. The van der Waals surface area contributed by atoms with Gasteiger partial charge in [0.2, 0.25) is 0 Å². The first-order valence-corrected chi connectivity index (χ1v) is 5.98. The van der Waals surface area contributed by atoms with Crippen LogP contribution >= 0.6 is 15.9 Å². The Hall–Kier alpha value is -1.27. The van der Waals surface area contributed by atoms with E-state index in [-0.39, 0.29) is 11.9 Å². The molecule has 1 aromatic carbocycles. The van der Waals surface area contributed by atoms with Gasteiger partial charge in [-0.2, -0.15) is 5.10 Å². The van der Waals surface area contributed by atoms with E-state index >= 15 is 0 Å². The van der Waals surface area contributed by atoms with Crippen molar-refractivity contribution in [3.8, 4) is 0 Å². The second-order valence-corrected chi connectivity index (χ2v) is 4.56. The zero-order valence-corrected chi connectivity index (χ0v) is 10.8. The molecule has 0 aliphatic rings. The minimum Gasteiger partial charge on any atom is -0.303 e. The summed E-state index contributed by atoms with van der Waals surface area (Å²) in [6, 6.07) is 4.66. The van der Waals surface area contributed by atoms with Gasteiger partial charge in [-0.1, -0.05) is 15.9 Å². The highest BCUT2D eigenvalue weighted by atomic mass is 79.9. The number of aromatic amines is 1. The van der Waals surface area contributed by atoms with E-state index in [2.05, 4.69) is 36.4 Å². The van der Waals surface area contributed by atoms with Crippen LogP contribution in [0.5, 0.6) is 0 Å². The molecule has 1 unspecified atom stereocenters. The van der Waals surface area contributed by atoms with Gasteiger partial charge in [0.25, 0.3) is 0 Å². The van der Waals surface area contributed by atoms with Crippen molar-refractivity contribution in [2.75, 3.05) is 0 Å². The van der Waals surface area contributed by atoms with Gasteiger partial charge in [-0.15, -0.1) is 0 Å². The maximum atomic E-state index is 13.1. The third kappa shape index (κ3) is 3.10. The van der Waals surface area contributed by atoms with E-state index in [1.54, 1.807) is 6.07 Å². The van der Waals surface area contributed by atoms with Crippen molar-refractivity contribution in [3.05, 3.63) is 46.2 Å². The summed E-state index contributed by atoms with van der Waals surface area (Å²) in [4.78, 5) is 4.05. The number of nitrogens with one attached hydrogen (secondary N) is 2. The van der Waals surface area contributed by atoms with Crippen molar-refractivity contribution < 1.29 is 4.39 Å². The highest BCUT2D eigenvalue weighted by Crippen LogP contribution is 2.18. The molecule has 0 fully saturated rings. The molecule has 0 aliphatic carbocycles. The van der Waals surface area contributed by atoms with Crippen LogP contribution in [0.4, 0.5) is 4.39 Å². The lowest BCUT2D eigenvalue weighted by atomic mass is 10.2. The Labute approximate surface area is 107 Å². The second-order valence-electron chi connectivity index (χ2n) is 3.71. The average molecular weight is 299 g/mol. The first-order chi connectivity index (χ1) is 8.16. The molecule has 0 amide bonds. The normalized spacial score (nSPS) is 12.6. The van der Waals surface area contributed by atoms with Crippen molar-refractivity contribution in [2.24, 2.45) is 0 Å². The maximum absolute atomic E-state index is 13.1. The second kappa shape index (κ2) is 5.37. The van der Waals surface area contributed by atoms with Crippen molar-refractivity contribution >= 4 is 15.9 Å². The van der Waals surface area contributed by atoms with E-state index in [0.29, 0.717) is 6.54 Å². The zero-order chi connectivity index (χ0) is 12.3. The summed E-state index contributed by atoms with van der Waals surface area (Å²) in [5.41, 5.74) is 0.872. The number of rotatable bonds is 4. The monoisotopic (exact) mass is 298 g/mol. The van der Waals surface area contributed by atoms with E-state index in [1.807, 2.05) is 6.92 Å². The van der Waals surface area contributed by atoms with Crippen molar-refractivity contribution in [1.29, 1.82) is 0 Å². The topological polar surface area (TPSA) is 53.6 Å². The molecular formula is C11H12BrFN4. The fourth-order valence-corrected chi connectivity index (χ4v) is 1.85. The summed E-state index contributed by atoms with van der Waals surface area (Å²) in [6.07, 6.45) is 1.46. The van der Waals surface area contributed by atoms with Crippen molar-refractivity contribution in [1.82, 2.24) is 20.5 Å². The summed E-state index contributed by atoms with van der Waals surface area (Å²) in [5.74, 6) is 0.523. The lowest BCUT2D eigenvalue weighted by Crippen LogP contribution is -2.19. The Kier molecular flexibility index (Phi) is 3.86. The number of benzene rings is 1. The quantitative estimate of drug-likeness (QED) is 0.912. The molecule has 0 spiro atoms. The SMILES string of the molecule is CC(NCc1cc(F)ccc1Br)c1ncn[nH]1. The van der Waals surface area contributed by atoms with Crippen LogP contribution in [0.3, 0.4) is 0 Å². The number of H-pyrrole nitrogens is 1. The summed E-state index contributed by atoms with van der Waals surface area (Å²) in [6.45, 7) is 2.52. The molecule has 17 heavy (non-hydrogen) atoms. The Morgan fingerprint density at radius 2 is 2.35 bits per heavy atom. The molecule has 0 bridgehead atoms. The molecule has 6 heteroatoms. The van der Waals surface area contributed by atoms with Crippen LogP contribution in [-0.2, 0) is 6.54 Å². The van der Waals surface area contributed by atoms with Gasteiger partial charge in [0.15, 0.2) is 0 Å². The third-order valence-electron chi connectivity index (χ3n) is 2.45. The molecule has 2 N–H and O–H groups in total.